The molecule has 3 atom stereocenters. The summed E-state index contributed by atoms with van der Waals surface area (Å²) in [6, 6.07) is 0. The SMILES string of the molecule is CC[C@@H]1CCc2c(sc(NC(=O)[C@@H]3CCCC[C@@H]3C(=O)O)c2C(=O)N2CCCCC2)C1. The molecule has 2 heterocycles. The maximum Gasteiger partial charge on any atom is 0.307 e. The Hall–Kier alpha value is -1.89. The van der Waals surface area contributed by atoms with Gasteiger partial charge in [-0.3, -0.25) is 14.4 Å². The number of amides is 2. The van der Waals surface area contributed by atoms with Crippen LogP contribution in [0.25, 0.3) is 0 Å². The molecule has 7 heteroatoms. The summed E-state index contributed by atoms with van der Waals surface area (Å²) < 4.78 is 0. The van der Waals surface area contributed by atoms with Gasteiger partial charge in [0.05, 0.1) is 17.4 Å². The fraction of sp³-hybridized carbons (Fsp3) is 0.708. The molecule has 0 radical (unpaired) electrons. The van der Waals surface area contributed by atoms with Gasteiger partial charge in [0, 0.05) is 18.0 Å². The number of nitrogens with one attached hydrogen (secondary N) is 1. The Labute approximate surface area is 188 Å². The standard InChI is InChI=1S/C24H34N2O4S/c1-2-15-10-11-18-19(14-15)31-22(20(18)23(28)26-12-6-3-7-13-26)25-21(27)16-8-4-5-9-17(16)24(29)30/h15-17H,2-14H2,1H3,(H,25,27)(H,29,30)/t15-,16-,17+/m1/s1. The number of rotatable bonds is 5. The van der Waals surface area contributed by atoms with E-state index in [2.05, 4.69) is 12.2 Å². The average molecular weight is 447 g/mol. The number of fused-ring (bicyclic) bond motifs is 1. The lowest BCUT2D eigenvalue weighted by molar-refractivity contribution is -0.147. The lowest BCUT2D eigenvalue weighted by Crippen LogP contribution is -2.38. The topological polar surface area (TPSA) is 86.7 Å². The van der Waals surface area contributed by atoms with Crippen LogP contribution in [-0.4, -0.2) is 40.9 Å². The van der Waals surface area contributed by atoms with Crippen molar-refractivity contribution >= 4 is 34.1 Å². The molecule has 1 aromatic heterocycles. The van der Waals surface area contributed by atoms with Crippen LogP contribution < -0.4 is 5.32 Å². The third-order valence-corrected chi connectivity index (χ3v) is 8.63. The minimum absolute atomic E-state index is 0.0425. The Morgan fingerprint density at radius 3 is 2.42 bits per heavy atom. The first-order valence-electron chi connectivity index (χ1n) is 12.0. The van der Waals surface area contributed by atoms with Crippen LogP contribution in [-0.2, 0) is 22.4 Å². The van der Waals surface area contributed by atoms with Crippen LogP contribution in [0.5, 0.6) is 0 Å². The molecule has 31 heavy (non-hydrogen) atoms. The van der Waals surface area contributed by atoms with Gasteiger partial charge in [-0.2, -0.15) is 0 Å². The number of carboxylic acids is 1. The van der Waals surface area contributed by atoms with Gasteiger partial charge in [-0.15, -0.1) is 11.3 Å². The number of piperidine rings is 1. The average Bonchev–Trinajstić information content (AvgIpc) is 3.15. The number of likely N-dealkylation sites (tertiary alicyclic amines) is 1. The maximum absolute atomic E-state index is 13.5. The number of hydrogen-bond donors (Lipinski definition) is 2. The quantitative estimate of drug-likeness (QED) is 0.685. The monoisotopic (exact) mass is 446 g/mol. The molecule has 6 nitrogen and oxygen atoms in total. The third kappa shape index (κ3) is 4.66. The normalized spacial score (nSPS) is 26.2. The van der Waals surface area contributed by atoms with Gasteiger partial charge in [0.1, 0.15) is 5.00 Å². The molecule has 170 valence electrons. The number of carbonyl (C=O) groups is 3. The Morgan fingerprint density at radius 2 is 1.74 bits per heavy atom. The van der Waals surface area contributed by atoms with Crippen LogP contribution in [0.2, 0.25) is 0 Å². The van der Waals surface area contributed by atoms with Crippen molar-refractivity contribution in [2.24, 2.45) is 17.8 Å². The van der Waals surface area contributed by atoms with Gasteiger partial charge >= 0.3 is 5.97 Å². The van der Waals surface area contributed by atoms with Gasteiger partial charge in [-0.05, 0) is 62.8 Å². The van der Waals surface area contributed by atoms with Gasteiger partial charge in [0.25, 0.3) is 5.91 Å². The molecule has 0 spiro atoms. The summed E-state index contributed by atoms with van der Waals surface area (Å²) in [6.07, 6.45) is 10.1. The molecule has 2 fully saturated rings. The molecule has 1 saturated carbocycles. The molecule has 1 aliphatic heterocycles. The van der Waals surface area contributed by atoms with Crippen LogP contribution in [0.1, 0.15) is 85.5 Å². The van der Waals surface area contributed by atoms with Crippen molar-refractivity contribution in [3.8, 4) is 0 Å². The highest BCUT2D eigenvalue weighted by Gasteiger charge is 2.37. The zero-order chi connectivity index (χ0) is 22.0. The van der Waals surface area contributed by atoms with Crippen LogP contribution in [0.3, 0.4) is 0 Å². The maximum atomic E-state index is 13.5. The summed E-state index contributed by atoms with van der Waals surface area (Å²) >= 11 is 1.55. The zero-order valence-electron chi connectivity index (χ0n) is 18.5. The van der Waals surface area contributed by atoms with E-state index in [-0.39, 0.29) is 11.8 Å². The minimum atomic E-state index is -0.888. The summed E-state index contributed by atoms with van der Waals surface area (Å²) in [5.41, 5.74) is 1.81. The number of hydrogen-bond acceptors (Lipinski definition) is 4. The number of anilines is 1. The van der Waals surface area contributed by atoms with E-state index >= 15 is 0 Å². The van der Waals surface area contributed by atoms with Crippen LogP contribution in [0, 0.1) is 17.8 Å². The van der Waals surface area contributed by atoms with Crippen molar-refractivity contribution in [3.63, 3.8) is 0 Å². The van der Waals surface area contributed by atoms with E-state index in [9.17, 15) is 19.5 Å². The van der Waals surface area contributed by atoms with E-state index in [1.54, 1.807) is 11.3 Å². The molecule has 2 N–H and O–H groups in total. The molecule has 0 bridgehead atoms. The van der Waals surface area contributed by atoms with E-state index in [0.717, 1.165) is 76.4 Å². The number of nitrogens with zero attached hydrogens (tertiary/aromatic N) is 1. The molecule has 1 aromatic rings. The summed E-state index contributed by atoms with van der Waals surface area (Å²) in [7, 11) is 0. The van der Waals surface area contributed by atoms with Gasteiger partial charge in [-0.25, -0.2) is 0 Å². The van der Waals surface area contributed by atoms with E-state index in [1.165, 1.54) is 4.88 Å². The lowest BCUT2D eigenvalue weighted by Gasteiger charge is -2.29. The molecular weight excluding hydrogens is 412 g/mol. The summed E-state index contributed by atoms with van der Waals surface area (Å²) in [4.78, 5) is 41.6. The number of carbonyl (C=O) groups excluding carboxylic acids is 2. The Kier molecular flexibility index (Phi) is 6.99. The summed E-state index contributed by atoms with van der Waals surface area (Å²) in [5, 5.41) is 13.3. The van der Waals surface area contributed by atoms with Gasteiger partial charge in [-0.1, -0.05) is 26.2 Å². The summed E-state index contributed by atoms with van der Waals surface area (Å²) in [6.45, 7) is 3.76. The van der Waals surface area contributed by atoms with E-state index in [0.29, 0.717) is 29.3 Å². The lowest BCUT2D eigenvalue weighted by atomic mass is 9.78. The molecular formula is C24H34N2O4S. The van der Waals surface area contributed by atoms with E-state index in [1.807, 2.05) is 4.90 Å². The fourth-order valence-corrected chi connectivity index (χ4v) is 6.87. The second kappa shape index (κ2) is 9.72. The predicted molar refractivity (Wildman–Crippen MR) is 122 cm³/mol. The largest absolute Gasteiger partial charge is 0.481 e. The predicted octanol–water partition coefficient (Wildman–Crippen LogP) is 4.72. The van der Waals surface area contributed by atoms with Crippen molar-refractivity contribution in [3.05, 3.63) is 16.0 Å². The molecule has 4 rings (SSSR count). The highest BCUT2D eigenvalue weighted by molar-refractivity contribution is 7.17. The second-order valence-electron chi connectivity index (χ2n) is 9.40. The van der Waals surface area contributed by atoms with Gasteiger partial charge < -0.3 is 15.3 Å². The van der Waals surface area contributed by atoms with Gasteiger partial charge in [0.2, 0.25) is 5.91 Å². The van der Waals surface area contributed by atoms with E-state index < -0.39 is 17.8 Å². The Balaban J connectivity index is 1.63. The van der Waals surface area contributed by atoms with Crippen LogP contribution in [0.15, 0.2) is 0 Å². The number of aliphatic carboxylic acids is 1. The Morgan fingerprint density at radius 1 is 1.03 bits per heavy atom. The van der Waals surface area contributed by atoms with Crippen molar-refractivity contribution in [1.29, 1.82) is 0 Å². The second-order valence-corrected chi connectivity index (χ2v) is 10.5. The molecule has 3 aliphatic rings. The molecule has 0 unspecified atom stereocenters. The molecule has 0 aromatic carbocycles. The van der Waals surface area contributed by atoms with Crippen molar-refractivity contribution in [2.45, 2.75) is 77.6 Å². The van der Waals surface area contributed by atoms with Crippen molar-refractivity contribution in [2.75, 3.05) is 18.4 Å². The number of thiophene rings is 1. The smallest absolute Gasteiger partial charge is 0.307 e. The molecule has 2 amide bonds. The van der Waals surface area contributed by atoms with Gasteiger partial charge in [0.15, 0.2) is 0 Å². The van der Waals surface area contributed by atoms with E-state index in [4.69, 9.17) is 0 Å². The fourth-order valence-electron chi connectivity index (χ4n) is 5.52. The highest BCUT2D eigenvalue weighted by Crippen LogP contribution is 2.42. The molecule has 2 aliphatic carbocycles. The summed E-state index contributed by atoms with van der Waals surface area (Å²) in [5.74, 6) is -1.60. The van der Waals surface area contributed by atoms with Crippen LogP contribution in [0.4, 0.5) is 5.00 Å². The minimum Gasteiger partial charge on any atom is -0.481 e. The highest BCUT2D eigenvalue weighted by atomic mass is 32.1. The number of carboxylic acid groups (broad SMARTS) is 1. The van der Waals surface area contributed by atoms with Crippen molar-refractivity contribution in [1.82, 2.24) is 4.90 Å². The zero-order valence-corrected chi connectivity index (χ0v) is 19.3. The molecule has 1 saturated heterocycles. The first kappa shape index (κ1) is 22.3. The Bertz CT molecular complexity index is 843. The first-order valence-corrected chi connectivity index (χ1v) is 12.8. The third-order valence-electron chi connectivity index (χ3n) is 7.46. The first-order chi connectivity index (χ1) is 15.0. The van der Waals surface area contributed by atoms with Crippen molar-refractivity contribution < 1.29 is 19.5 Å². The van der Waals surface area contributed by atoms with Crippen LogP contribution >= 0.6 is 11.3 Å².